The van der Waals surface area contributed by atoms with Crippen LogP contribution in [0.25, 0.3) is 11.0 Å². The molecule has 0 aliphatic heterocycles. The highest BCUT2D eigenvalue weighted by molar-refractivity contribution is 9.10. The average molecular weight is 368 g/mol. The molecule has 3 rings (SSSR count). The number of benzene rings is 1. The molecule has 0 N–H and O–H groups in total. The molecule has 0 spiro atoms. The molecule has 110 valence electrons. The van der Waals surface area contributed by atoms with Crippen LogP contribution < -0.4 is 0 Å². The van der Waals surface area contributed by atoms with Crippen LogP contribution in [0.5, 0.6) is 0 Å². The fourth-order valence-corrected chi connectivity index (χ4v) is 3.01. The van der Waals surface area contributed by atoms with Crippen LogP contribution in [0, 0.1) is 0 Å². The van der Waals surface area contributed by atoms with Crippen LogP contribution in [-0.2, 0) is 20.0 Å². The summed E-state index contributed by atoms with van der Waals surface area (Å²) >= 11 is 9.82. The molecule has 1 unspecified atom stereocenters. The number of hydrogen-bond acceptors (Lipinski definition) is 2. The van der Waals surface area contributed by atoms with Gasteiger partial charge in [-0.25, -0.2) is 4.98 Å². The van der Waals surface area contributed by atoms with E-state index in [2.05, 4.69) is 36.6 Å². The highest BCUT2D eigenvalue weighted by Gasteiger charge is 2.15. The van der Waals surface area contributed by atoms with E-state index in [1.807, 2.05) is 43.2 Å². The molecule has 0 aliphatic rings. The summed E-state index contributed by atoms with van der Waals surface area (Å²) in [4.78, 5) is 4.66. The minimum absolute atomic E-state index is 0.120. The number of aryl methyl sites for hydroxylation is 3. The van der Waals surface area contributed by atoms with Crippen LogP contribution in [-0.4, -0.2) is 19.3 Å². The van der Waals surface area contributed by atoms with Gasteiger partial charge in [0.25, 0.3) is 0 Å². The molecule has 0 amide bonds. The fraction of sp³-hybridized carbons (Fsp3) is 0.333. The first-order chi connectivity index (χ1) is 10.0. The smallest absolute Gasteiger partial charge is 0.127 e. The van der Waals surface area contributed by atoms with E-state index in [0.717, 1.165) is 34.3 Å². The molecule has 0 fully saturated rings. The molecule has 1 aromatic carbocycles. The molecule has 3 aromatic rings. The quantitative estimate of drug-likeness (QED) is 0.652. The molecular formula is C15H16BrClN4. The molecule has 0 aliphatic carbocycles. The van der Waals surface area contributed by atoms with Crippen molar-refractivity contribution in [2.24, 2.45) is 7.05 Å². The summed E-state index contributed by atoms with van der Waals surface area (Å²) in [6.45, 7) is 2.80. The minimum Gasteiger partial charge on any atom is -0.326 e. The zero-order valence-electron chi connectivity index (χ0n) is 11.9. The second-order valence-corrected chi connectivity index (χ2v) is 6.71. The Hall–Kier alpha value is -1.33. The maximum atomic E-state index is 6.29. The Kier molecular flexibility index (Phi) is 4.04. The number of halogens is 2. The van der Waals surface area contributed by atoms with Crippen LogP contribution in [0.2, 0.25) is 0 Å². The molecule has 0 radical (unpaired) electrons. The lowest BCUT2D eigenvalue weighted by Gasteiger charge is -2.10. The zero-order chi connectivity index (χ0) is 15.0. The summed E-state index contributed by atoms with van der Waals surface area (Å²) in [7, 11) is 1.93. The summed E-state index contributed by atoms with van der Waals surface area (Å²) in [5.41, 5.74) is 3.30. The predicted molar refractivity (Wildman–Crippen MR) is 88.6 cm³/mol. The zero-order valence-corrected chi connectivity index (χ0v) is 14.3. The first-order valence-corrected chi connectivity index (χ1v) is 8.05. The number of fused-ring (bicyclic) bond motifs is 1. The molecular weight excluding hydrogens is 352 g/mol. The van der Waals surface area contributed by atoms with Crippen molar-refractivity contribution in [2.45, 2.75) is 25.3 Å². The normalized spacial score (nSPS) is 13.0. The average Bonchev–Trinajstić information content (AvgIpc) is 3.00. The number of hydrogen-bond donors (Lipinski definition) is 0. The lowest BCUT2D eigenvalue weighted by Crippen LogP contribution is -2.06. The monoisotopic (exact) mass is 366 g/mol. The van der Waals surface area contributed by atoms with Crippen LogP contribution in [0.1, 0.15) is 23.7 Å². The number of aromatic nitrogens is 4. The molecule has 0 saturated carbocycles. The molecule has 21 heavy (non-hydrogen) atoms. The van der Waals surface area contributed by atoms with E-state index in [0.29, 0.717) is 0 Å². The number of rotatable bonds is 4. The highest BCUT2D eigenvalue weighted by atomic mass is 79.9. The van der Waals surface area contributed by atoms with Gasteiger partial charge in [-0.15, -0.1) is 11.6 Å². The number of nitrogens with zero attached hydrogens (tertiary/aromatic N) is 4. The topological polar surface area (TPSA) is 35.6 Å². The second kappa shape index (κ2) is 5.81. The van der Waals surface area contributed by atoms with Crippen LogP contribution >= 0.6 is 27.5 Å². The van der Waals surface area contributed by atoms with Crippen molar-refractivity contribution in [2.75, 3.05) is 0 Å². The molecule has 6 heteroatoms. The third kappa shape index (κ3) is 2.99. The van der Waals surface area contributed by atoms with Gasteiger partial charge in [0.2, 0.25) is 0 Å². The van der Waals surface area contributed by atoms with E-state index in [1.165, 1.54) is 5.56 Å². The maximum Gasteiger partial charge on any atom is 0.127 e. The number of imidazole rings is 1. The first kappa shape index (κ1) is 14.6. The molecule has 2 heterocycles. The van der Waals surface area contributed by atoms with Crippen molar-refractivity contribution < 1.29 is 0 Å². The van der Waals surface area contributed by atoms with E-state index in [-0.39, 0.29) is 5.38 Å². The predicted octanol–water partition coefficient (Wildman–Crippen LogP) is 4.07. The molecule has 0 bridgehead atoms. The molecule has 0 saturated heterocycles. The van der Waals surface area contributed by atoms with Crippen molar-refractivity contribution in [1.82, 2.24) is 19.3 Å². The van der Waals surface area contributed by atoms with Gasteiger partial charge in [0.05, 0.1) is 22.6 Å². The van der Waals surface area contributed by atoms with Crippen molar-refractivity contribution in [3.63, 3.8) is 0 Å². The Morgan fingerprint density at radius 1 is 1.38 bits per heavy atom. The molecule has 1 atom stereocenters. The summed E-state index contributed by atoms with van der Waals surface area (Å²) in [5.74, 6) is 0.911. The SMILES string of the molecule is CC(Cl)c1nc2ccc(Br)cc2n1CCc1cnn(C)c1. The van der Waals surface area contributed by atoms with Gasteiger partial charge in [0, 0.05) is 24.3 Å². The van der Waals surface area contributed by atoms with Gasteiger partial charge in [-0.3, -0.25) is 4.68 Å². The van der Waals surface area contributed by atoms with E-state index in [1.54, 1.807) is 0 Å². The summed E-state index contributed by atoms with van der Waals surface area (Å²) in [6, 6.07) is 6.11. The van der Waals surface area contributed by atoms with Crippen molar-refractivity contribution in [3.8, 4) is 0 Å². The van der Waals surface area contributed by atoms with Gasteiger partial charge in [-0.1, -0.05) is 15.9 Å². The molecule has 4 nitrogen and oxygen atoms in total. The van der Waals surface area contributed by atoms with Crippen LogP contribution in [0.4, 0.5) is 0 Å². The Morgan fingerprint density at radius 2 is 2.19 bits per heavy atom. The van der Waals surface area contributed by atoms with Gasteiger partial charge >= 0.3 is 0 Å². The van der Waals surface area contributed by atoms with E-state index >= 15 is 0 Å². The fourth-order valence-electron chi connectivity index (χ4n) is 2.50. The van der Waals surface area contributed by atoms with E-state index in [9.17, 15) is 0 Å². The van der Waals surface area contributed by atoms with Gasteiger partial charge in [0.15, 0.2) is 0 Å². The van der Waals surface area contributed by atoms with Crippen molar-refractivity contribution in [3.05, 3.63) is 46.5 Å². The lowest BCUT2D eigenvalue weighted by molar-refractivity contribution is 0.667. The highest BCUT2D eigenvalue weighted by Crippen LogP contribution is 2.27. The third-order valence-corrected chi connectivity index (χ3v) is 4.17. The summed E-state index contributed by atoms with van der Waals surface area (Å²) in [6.07, 6.45) is 4.85. The largest absolute Gasteiger partial charge is 0.326 e. The van der Waals surface area contributed by atoms with E-state index in [4.69, 9.17) is 11.6 Å². The second-order valence-electron chi connectivity index (χ2n) is 5.14. The number of alkyl halides is 1. The first-order valence-electron chi connectivity index (χ1n) is 6.82. The standard InChI is InChI=1S/C15H16BrClN4/c1-10(17)15-19-13-4-3-12(16)7-14(13)21(15)6-5-11-8-18-20(2)9-11/h3-4,7-10H,5-6H2,1-2H3. The van der Waals surface area contributed by atoms with Crippen LogP contribution in [0.15, 0.2) is 35.1 Å². The van der Waals surface area contributed by atoms with Crippen molar-refractivity contribution >= 4 is 38.6 Å². The maximum absolute atomic E-state index is 6.29. The van der Waals surface area contributed by atoms with Crippen molar-refractivity contribution in [1.29, 1.82) is 0 Å². The summed E-state index contributed by atoms with van der Waals surface area (Å²) in [5, 5.41) is 4.09. The Labute approximate surface area is 136 Å². The Bertz CT molecular complexity index is 775. The Balaban J connectivity index is 1.98. The third-order valence-electron chi connectivity index (χ3n) is 3.48. The Morgan fingerprint density at radius 3 is 2.86 bits per heavy atom. The van der Waals surface area contributed by atoms with Gasteiger partial charge in [-0.05, 0) is 37.1 Å². The minimum atomic E-state index is -0.120. The lowest BCUT2D eigenvalue weighted by atomic mass is 10.2. The van der Waals surface area contributed by atoms with Gasteiger partial charge < -0.3 is 4.57 Å². The van der Waals surface area contributed by atoms with Gasteiger partial charge in [-0.2, -0.15) is 5.10 Å². The molecule has 2 aromatic heterocycles. The van der Waals surface area contributed by atoms with Crippen LogP contribution in [0.3, 0.4) is 0 Å². The van der Waals surface area contributed by atoms with E-state index < -0.39 is 0 Å². The van der Waals surface area contributed by atoms with Gasteiger partial charge in [0.1, 0.15) is 5.82 Å². The summed E-state index contributed by atoms with van der Waals surface area (Å²) < 4.78 is 5.07.